The number of ether oxygens (including phenoxy) is 1. The molecule has 1 N–H and O–H groups in total. The van der Waals surface area contributed by atoms with Crippen molar-refractivity contribution in [2.45, 2.75) is 13.0 Å². The Bertz CT molecular complexity index is 734. The zero-order valence-electron chi connectivity index (χ0n) is 13.3. The summed E-state index contributed by atoms with van der Waals surface area (Å²) in [6.07, 6.45) is 0. The maximum atomic E-state index is 13.6. The van der Waals surface area contributed by atoms with E-state index in [0.29, 0.717) is 24.4 Å². The highest BCUT2D eigenvalue weighted by Crippen LogP contribution is 2.25. The van der Waals surface area contributed by atoms with Crippen LogP contribution in [0.2, 0.25) is 0 Å². The molecule has 1 saturated heterocycles. The third-order valence-corrected chi connectivity index (χ3v) is 3.88. The minimum Gasteiger partial charge on any atom is -0.454 e. The topological polar surface area (TPSA) is 41.6 Å². The second kappa shape index (κ2) is 6.97. The molecule has 0 aromatic heterocycles. The summed E-state index contributed by atoms with van der Waals surface area (Å²) in [5, 5.41) is 3.29. The highest BCUT2D eigenvalue weighted by molar-refractivity contribution is 5.94. The molecule has 0 saturated carbocycles. The van der Waals surface area contributed by atoms with Crippen LogP contribution in [0.5, 0.6) is 11.5 Å². The molecule has 2 aromatic carbocycles. The third kappa shape index (κ3) is 3.71. The van der Waals surface area contributed by atoms with Crippen LogP contribution in [-0.4, -0.2) is 36.5 Å². The standard InChI is InChI=1S/C18H18F2N2O2/c1-12-11-22(9-8-21-12)18(23)13-2-5-15(6-3-13)24-17-7-4-14(19)10-16(17)20/h2-7,10,12,21H,8-9,11H2,1H3. The fourth-order valence-corrected chi connectivity index (χ4v) is 2.65. The second-order valence-corrected chi connectivity index (χ2v) is 5.81. The van der Waals surface area contributed by atoms with E-state index in [9.17, 15) is 13.6 Å². The van der Waals surface area contributed by atoms with Crippen molar-refractivity contribution in [2.24, 2.45) is 0 Å². The zero-order chi connectivity index (χ0) is 17.1. The average Bonchev–Trinajstić information content (AvgIpc) is 2.57. The van der Waals surface area contributed by atoms with E-state index in [1.807, 2.05) is 6.92 Å². The molecule has 1 fully saturated rings. The number of carbonyl (C=O) groups excluding carboxylic acids is 1. The molecule has 2 aromatic rings. The molecule has 0 aliphatic carbocycles. The molecule has 0 spiro atoms. The SMILES string of the molecule is CC1CN(C(=O)c2ccc(Oc3ccc(F)cc3F)cc2)CCN1. The Morgan fingerprint density at radius 2 is 1.96 bits per heavy atom. The number of hydrogen-bond acceptors (Lipinski definition) is 3. The Kier molecular flexibility index (Phi) is 4.76. The predicted molar refractivity (Wildman–Crippen MR) is 86.2 cm³/mol. The lowest BCUT2D eigenvalue weighted by Gasteiger charge is -2.32. The first-order chi connectivity index (χ1) is 11.5. The van der Waals surface area contributed by atoms with Crippen LogP contribution in [-0.2, 0) is 0 Å². The van der Waals surface area contributed by atoms with Crippen molar-refractivity contribution in [3.05, 3.63) is 59.7 Å². The average molecular weight is 332 g/mol. The van der Waals surface area contributed by atoms with Crippen LogP contribution < -0.4 is 10.1 Å². The Morgan fingerprint density at radius 1 is 1.21 bits per heavy atom. The summed E-state index contributed by atoms with van der Waals surface area (Å²) in [4.78, 5) is 14.3. The van der Waals surface area contributed by atoms with Gasteiger partial charge >= 0.3 is 0 Å². The van der Waals surface area contributed by atoms with Crippen molar-refractivity contribution in [1.82, 2.24) is 10.2 Å². The van der Waals surface area contributed by atoms with Gasteiger partial charge in [0.1, 0.15) is 11.6 Å². The highest BCUT2D eigenvalue weighted by atomic mass is 19.1. The number of nitrogens with zero attached hydrogens (tertiary/aromatic N) is 1. The van der Waals surface area contributed by atoms with Gasteiger partial charge in [-0.25, -0.2) is 8.78 Å². The summed E-state index contributed by atoms with van der Waals surface area (Å²) in [5.41, 5.74) is 0.552. The molecule has 1 atom stereocenters. The second-order valence-electron chi connectivity index (χ2n) is 5.81. The molecule has 1 amide bonds. The minimum atomic E-state index is -0.773. The number of benzene rings is 2. The Labute approximate surface area is 139 Å². The van der Waals surface area contributed by atoms with E-state index in [2.05, 4.69) is 5.32 Å². The van der Waals surface area contributed by atoms with Crippen LogP contribution in [0, 0.1) is 11.6 Å². The molecule has 1 unspecified atom stereocenters. The summed E-state index contributed by atoms with van der Waals surface area (Å²) < 4.78 is 31.9. The molecular weight excluding hydrogens is 314 g/mol. The molecular formula is C18H18F2N2O2. The van der Waals surface area contributed by atoms with Gasteiger partial charge in [-0.1, -0.05) is 0 Å². The Morgan fingerprint density at radius 3 is 2.62 bits per heavy atom. The van der Waals surface area contributed by atoms with Gasteiger partial charge in [0.05, 0.1) is 0 Å². The van der Waals surface area contributed by atoms with E-state index < -0.39 is 11.6 Å². The largest absolute Gasteiger partial charge is 0.454 e. The molecule has 126 valence electrons. The van der Waals surface area contributed by atoms with E-state index in [1.54, 1.807) is 29.2 Å². The summed E-state index contributed by atoms with van der Waals surface area (Å²) >= 11 is 0. The lowest BCUT2D eigenvalue weighted by molar-refractivity contribution is 0.0709. The number of amides is 1. The van der Waals surface area contributed by atoms with Gasteiger partial charge in [0, 0.05) is 37.3 Å². The van der Waals surface area contributed by atoms with Crippen LogP contribution in [0.3, 0.4) is 0 Å². The quantitative estimate of drug-likeness (QED) is 0.938. The van der Waals surface area contributed by atoms with Gasteiger partial charge in [0.15, 0.2) is 11.6 Å². The van der Waals surface area contributed by atoms with Gasteiger partial charge in [0.2, 0.25) is 0 Å². The van der Waals surface area contributed by atoms with E-state index in [1.165, 1.54) is 6.07 Å². The maximum Gasteiger partial charge on any atom is 0.253 e. The summed E-state index contributed by atoms with van der Waals surface area (Å²) in [7, 11) is 0. The van der Waals surface area contributed by atoms with Gasteiger partial charge in [-0.05, 0) is 43.3 Å². The molecule has 3 rings (SSSR count). The highest BCUT2D eigenvalue weighted by Gasteiger charge is 2.21. The van der Waals surface area contributed by atoms with E-state index in [-0.39, 0.29) is 17.7 Å². The van der Waals surface area contributed by atoms with Crippen LogP contribution >= 0.6 is 0 Å². The molecule has 4 nitrogen and oxygen atoms in total. The lowest BCUT2D eigenvalue weighted by Crippen LogP contribution is -2.51. The molecule has 6 heteroatoms. The maximum absolute atomic E-state index is 13.6. The summed E-state index contributed by atoms with van der Waals surface area (Å²) in [6.45, 7) is 4.14. The molecule has 24 heavy (non-hydrogen) atoms. The first-order valence-corrected chi connectivity index (χ1v) is 7.78. The molecule has 1 aliphatic rings. The Balaban J connectivity index is 1.69. The molecule has 1 aliphatic heterocycles. The van der Waals surface area contributed by atoms with E-state index >= 15 is 0 Å². The van der Waals surface area contributed by atoms with Crippen LogP contribution in [0.1, 0.15) is 17.3 Å². The number of piperazine rings is 1. The van der Waals surface area contributed by atoms with Crippen molar-refractivity contribution < 1.29 is 18.3 Å². The predicted octanol–water partition coefficient (Wildman–Crippen LogP) is 3.19. The van der Waals surface area contributed by atoms with Crippen molar-refractivity contribution in [2.75, 3.05) is 19.6 Å². The van der Waals surface area contributed by atoms with E-state index in [0.717, 1.165) is 18.7 Å². The van der Waals surface area contributed by atoms with Gasteiger partial charge in [0.25, 0.3) is 5.91 Å². The number of carbonyl (C=O) groups is 1. The van der Waals surface area contributed by atoms with Crippen LogP contribution in [0.25, 0.3) is 0 Å². The third-order valence-electron chi connectivity index (χ3n) is 3.88. The number of halogens is 2. The fourth-order valence-electron chi connectivity index (χ4n) is 2.65. The minimum absolute atomic E-state index is 0.0390. The normalized spacial score (nSPS) is 17.6. The van der Waals surface area contributed by atoms with Gasteiger partial charge < -0.3 is 15.0 Å². The van der Waals surface area contributed by atoms with E-state index in [4.69, 9.17) is 4.74 Å². The first-order valence-electron chi connectivity index (χ1n) is 7.78. The first kappa shape index (κ1) is 16.4. The Hall–Kier alpha value is -2.47. The smallest absolute Gasteiger partial charge is 0.253 e. The van der Waals surface area contributed by atoms with Crippen molar-refractivity contribution in [3.8, 4) is 11.5 Å². The number of nitrogens with one attached hydrogen (secondary N) is 1. The van der Waals surface area contributed by atoms with Gasteiger partial charge in [-0.3, -0.25) is 4.79 Å². The summed E-state index contributed by atoms with van der Waals surface area (Å²) in [6, 6.07) is 9.87. The van der Waals surface area contributed by atoms with Crippen molar-refractivity contribution in [1.29, 1.82) is 0 Å². The lowest BCUT2D eigenvalue weighted by atomic mass is 10.1. The molecule has 0 radical (unpaired) electrons. The van der Waals surface area contributed by atoms with Gasteiger partial charge in [-0.2, -0.15) is 0 Å². The van der Waals surface area contributed by atoms with Crippen LogP contribution in [0.15, 0.2) is 42.5 Å². The summed E-state index contributed by atoms with van der Waals surface area (Å²) in [5.74, 6) is -1.16. The zero-order valence-corrected chi connectivity index (χ0v) is 13.3. The molecule has 0 bridgehead atoms. The monoisotopic (exact) mass is 332 g/mol. The number of rotatable bonds is 3. The van der Waals surface area contributed by atoms with Crippen molar-refractivity contribution >= 4 is 5.91 Å². The number of hydrogen-bond donors (Lipinski definition) is 1. The van der Waals surface area contributed by atoms with Crippen LogP contribution in [0.4, 0.5) is 8.78 Å². The fraction of sp³-hybridized carbons (Fsp3) is 0.278. The van der Waals surface area contributed by atoms with Crippen molar-refractivity contribution in [3.63, 3.8) is 0 Å². The van der Waals surface area contributed by atoms with Gasteiger partial charge in [-0.15, -0.1) is 0 Å². The molecule has 1 heterocycles.